The van der Waals surface area contributed by atoms with E-state index in [-0.39, 0.29) is 41.4 Å². The maximum Gasteiger partial charge on any atom is 0.242 e. The summed E-state index contributed by atoms with van der Waals surface area (Å²) in [6, 6.07) is 11.3. The van der Waals surface area contributed by atoms with Crippen LogP contribution in [0.4, 0.5) is 4.39 Å². The van der Waals surface area contributed by atoms with Crippen molar-refractivity contribution < 1.29 is 14.0 Å². The predicted octanol–water partition coefficient (Wildman–Crippen LogP) is 4.27. The zero-order chi connectivity index (χ0) is 20.8. The van der Waals surface area contributed by atoms with E-state index in [1.54, 1.807) is 13.0 Å². The first-order chi connectivity index (χ1) is 13.2. The summed E-state index contributed by atoms with van der Waals surface area (Å²) < 4.78 is 14.2. The Morgan fingerprint density at radius 3 is 2.43 bits per heavy atom. The van der Waals surface area contributed by atoms with Crippen molar-refractivity contribution >= 4 is 23.4 Å². The molecule has 0 bridgehead atoms. The van der Waals surface area contributed by atoms with Gasteiger partial charge in [-0.1, -0.05) is 47.5 Å². The number of benzene rings is 2. The van der Waals surface area contributed by atoms with Crippen LogP contribution >= 0.6 is 11.6 Å². The third kappa shape index (κ3) is 5.80. The van der Waals surface area contributed by atoms with Gasteiger partial charge in [0.1, 0.15) is 11.9 Å². The van der Waals surface area contributed by atoms with Crippen molar-refractivity contribution in [2.75, 3.05) is 0 Å². The zero-order valence-electron chi connectivity index (χ0n) is 16.6. The first-order valence-electron chi connectivity index (χ1n) is 9.27. The van der Waals surface area contributed by atoms with Gasteiger partial charge in [-0.15, -0.1) is 0 Å². The minimum Gasteiger partial charge on any atom is -0.352 e. The number of hydrogen-bond acceptors (Lipinski definition) is 2. The van der Waals surface area contributed by atoms with E-state index >= 15 is 0 Å². The second-order valence-electron chi connectivity index (χ2n) is 7.23. The molecule has 0 spiro atoms. The summed E-state index contributed by atoms with van der Waals surface area (Å²) in [5, 5.41) is 3.03. The Morgan fingerprint density at radius 1 is 1.14 bits per heavy atom. The first kappa shape index (κ1) is 21.9. The molecule has 0 saturated carbocycles. The van der Waals surface area contributed by atoms with Crippen LogP contribution in [0.15, 0.2) is 42.5 Å². The van der Waals surface area contributed by atoms with E-state index in [4.69, 9.17) is 11.6 Å². The van der Waals surface area contributed by atoms with Crippen molar-refractivity contribution in [3.8, 4) is 0 Å². The predicted molar refractivity (Wildman–Crippen MR) is 110 cm³/mol. The molecule has 150 valence electrons. The quantitative estimate of drug-likeness (QED) is 0.749. The van der Waals surface area contributed by atoms with Crippen LogP contribution in [-0.2, 0) is 22.6 Å². The first-order valence-corrected chi connectivity index (χ1v) is 9.65. The lowest BCUT2D eigenvalue weighted by Gasteiger charge is -2.29. The highest BCUT2D eigenvalue weighted by atomic mass is 35.5. The Kier molecular flexibility index (Phi) is 7.58. The van der Waals surface area contributed by atoms with Crippen LogP contribution in [0.25, 0.3) is 0 Å². The van der Waals surface area contributed by atoms with Gasteiger partial charge in [-0.25, -0.2) is 4.39 Å². The highest BCUT2D eigenvalue weighted by molar-refractivity contribution is 6.31. The van der Waals surface area contributed by atoms with Gasteiger partial charge in [-0.3, -0.25) is 9.59 Å². The highest BCUT2D eigenvalue weighted by Gasteiger charge is 2.27. The lowest BCUT2D eigenvalue weighted by atomic mass is 10.1. The van der Waals surface area contributed by atoms with E-state index in [2.05, 4.69) is 5.32 Å². The van der Waals surface area contributed by atoms with Crippen molar-refractivity contribution in [2.24, 2.45) is 0 Å². The average molecular weight is 405 g/mol. The second kappa shape index (κ2) is 9.69. The molecule has 0 aromatic heterocycles. The van der Waals surface area contributed by atoms with Crippen LogP contribution < -0.4 is 5.32 Å². The Morgan fingerprint density at radius 2 is 1.82 bits per heavy atom. The molecule has 1 unspecified atom stereocenters. The standard InChI is InChI=1S/C22H26ClFN2O2/c1-14(2)25-22(28)16(4)26(13-17-8-5-7-15(3)11-17)21(27)12-18-19(23)9-6-10-20(18)24/h5-11,14,16H,12-13H2,1-4H3,(H,25,28). The lowest BCUT2D eigenvalue weighted by Crippen LogP contribution is -2.49. The number of hydrogen-bond donors (Lipinski definition) is 1. The van der Waals surface area contributed by atoms with Gasteiger partial charge in [0.2, 0.25) is 11.8 Å². The molecule has 6 heteroatoms. The molecule has 0 aliphatic heterocycles. The van der Waals surface area contributed by atoms with Gasteiger partial charge >= 0.3 is 0 Å². The van der Waals surface area contributed by atoms with E-state index in [9.17, 15) is 14.0 Å². The smallest absolute Gasteiger partial charge is 0.242 e. The Labute approximate surface area is 170 Å². The molecule has 0 radical (unpaired) electrons. The van der Waals surface area contributed by atoms with Crippen LogP contribution in [0.2, 0.25) is 5.02 Å². The van der Waals surface area contributed by atoms with Gasteiger partial charge in [0, 0.05) is 23.2 Å². The summed E-state index contributed by atoms with van der Waals surface area (Å²) in [6.07, 6.45) is -0.212. The van der Waals surface area contributed by atoms with E-state index < -0.39 is 11.9 Å². The molecule has 2 amide bonds. The van der Waals surface area contributed by atoms with Crippen LogP contribution in [0, 0.1) is 12.7 Å². The van der Waals surface area contributed by atoms with Gasteiger partial charge in [0.05, 0.1) is 6.42 Å². The molecule has 4 nitrogen and oxygen atoms in total. The number of nitrogens with one attached hydrogen (secondary N) is 1. The number of halogens is 2. The van der Waals surface area contributed by atoms with Crippen molar-refractivity contribution in [3.63, 3.8) is 0 Å². The molecule has 2 aromatic carbocycles. The molecule has 0 aliphatic carbocycles. The zero-order valence-corrected chi connectivity index (χ0v) is 17.4. The number of nitrogens with zero attached hydrogens (tertiary/aromatic N) is 1. The fourth-order valence-corrected chi connectivity index (χ4v) is 3.18. The maximum absolute atomic E-state index is 14.2. The summed E-state index contributed by atoms with van der Waals surface area (Å²) in [6.45, 7) is 7.60. The minimum absolute atomic E-state index is 0.0492. The molecule has 1 atom stereocenters. The van der Waals surface area contributed by atoms with Crippen LogP contribution in [0.3, 0.4) is 0 Å². The van der Waals surface area contributed by atoms with Gasteiger partial charge in [-0.2, -0.15) is 0 Å². The fraction of sp³-hybridized carbons (Fsp3) is 0.364. The average Bonchev–Trinajstić information content (AvgIpc) is 2.61. The SMILES string of the molecule is Cc1cccc(CN(C(=O)Cc2c(F)cccc2Cl)C(C)C(=O)NC(C)C)c1. The fourth-order valence-electron chi connectivity index (χ4n) is 2.95. The van der Waals surface area contributed by atoms with Crippen LogP contribution in [0.5, 0.6) is 0 Å². The second-order valence-corrected chi connectivity index (χ2v) is 7.63. The van der Waals surface area contributed by atoms with Crippen molar-refractivity contribution in [1.82, 2.24) is 10.2 Å². The van der Waals surface area contributed by atoms with Gasteiger partial charge in [0.25, 0.3) is 0 Å². The third-order valence-electron chi connectivity index (χ3n) is 4.42. The van der Waals surface area contributed by atoms with Gasteiger partial charge in [0.15, 0.2) is 0 Å². The third-order valence-corrected chi connectivity index (χ3v) is 4.78. The van der Waals surface area contributed by atoms with E-state index in [0.29, 0.717) is 0 Å². The van der Waals surface area contributed by atoms with Gasteiger partial charge < -0.3 is 10.2 Å². The van der Waals surface area contributed by atoms with E-state index in [0.717, 1.165) is 11.1 Å². The van der Waals surface area contributed by atoms with Crippen molar-refractivity contribution in [2.45, 2.75) is 52.7 Å². The maximum atomic E-state index is 14.2. The van der Waals surface area contributed by atoms with E-state index in [1.807, 2.05) is 45.0 Å². The highest BCUT2D eigenvalue weighted by Crippen LogP contribution is 2.21. The molecule has 0 fully saturated rings. The van der Waals surface area contributed by atoms with Crippen LogP contribution in [-0.4, -0.2) is 28.8 Å². The molecule has 1 N–H and O–H groups in total. The molecule has 2 aromatic rings. The number of aryl methyl sites for hydroxylation is 1. The van der Waals surface area contributed by atoms with Crippen LogP contribution in [0.1, 0.15) is 37.5 Å². The Bertz CT molecular complexity index is 834. The molecule has 0 saturated heterocycles. The molecular formula is C22H26ClFN2O2. The number of carbonyl (C=O) groups is 2. The summed E-state index contributed by atoms with van der Waals surface area (Å²) >= 11 is 6.08. The van der Waals surface area contributed by atoms with E-state index in [1.165, 1.54) is 17.0 Å². The number of carbonyl (C=O) groups excluding carboxylic acids is 2. The number of rotatable bonds is 7. The molecule has 2 rings (SSSR count). The van der Waals surface area contributed by atoms with Crippen molar-refractivity contribution in [3.05, 3.63) is 70.0 Å². The topological polar surface area (TPSA) is 49.4 Å². The van der Waals surface area contributed by atoms with Crippen molar-refractivity contribution in [1.29, 1.82) is 0 Å². The Balaban J connectivity index is 2.30. The summed E-state index contributed by atoms with van der Waals surface area (Å²) in [7, 11) is 0. The summed E-state index contributed by atoms with van der Waals surface area (Å²) in [4.78, 5) is 27.1. The Hall–Kier alpha value is -2.40. The summed E-state index contributed by atoms with van der Waals surface area (Å²) in [5.74, 6) is -1.15. The molecule has 0 aliphatic rings. The molecule has 28 heavy (non-hydrogen) atoms. The molecular weight excluding hydrogens is 379 g/mol. The monoisotopic (exact) mass is 404 g/mol. The lowest BCUT2D eigenvalue weighted by molar-refractivity contribution is -0.140. The summed E-state index contributed by atoms with van der Waals surface area (Å²) in [5.41, 5.74) is 2.10. The number of amides is 2. The minimum atomic E-state index is -0.707. The largest absolute Gasteiger partial charge is 0.352 e. The van der Waals surface area contributed by atoms with Gasteiger partial charge in [-0.05, 0) is 45.4 Å². The normalized spacial score (nSPS) is 12.0. The molecule has 0 heterocycles.